The van der Waals surface area contributed by atoms with E-state index < -0.39 is 21.6 Å². The van der Waals surface area contributed by atoms with Gasteiger partial charge >= 0.3 is 5.97 Å². The van der Waals surface area contributed by atoms with Crippen LogP contribution in [0.15, 0.2) is 0 Å². The van der Waals surface area contributed by atoms with Gasteiger partial charge in [0.2, 0.25) is 5.91 Å². The summed E-state index contributed by atoms with van der Waals surface area (Å²) in [5.74, 6) is -2.12. The SMILES string of the molecule is O=C(O)CCCS(=O)(=O)CC(=O)N1CCCC1. The molecule has 1 saturated heterocycles. The van der Waals surface area contributed by atoms with Crippen LogP contribution in [0.2, 0.25) is 0 Å². The van der Waals surface area contributed by atoms with Crippen molar-refractivity contribution in [2.24, 2.45) is 0 Å². The third kappa shape index (κ3) is 5.16. The van der Waals surface area contributed by atoms with Crippen molar-refractivity contribution < 1.29 is 23.1 Å². The summed E-state index contributed by atoms with van der Waals surface area (Å²) in [6, 6.07) is 0. The Kier molecular flexibility index (Phi) is 4.92. The van der Waals surface area contributed by atoms with Gasteiger partial charge in [-0.2, -0.15) is 0 Å². The summed E-state index contributed by atoms with van der Waals surface area (Å²) in [5.41, 5.74) is 0. The standard InChI is InChI=1S/C10H17NO5S/c12-9(11-5-1-2-6-11)8-17(15,16)7-3-4-10(13)14/h1-8H2,(H,13,14). The number of carbonyl (C=O) groups is 2. The van der Waals surface area contributed by atoms with Crippen LogP contribution < -0.4 is 0 Å². The summed E-state index contributed by atoms with van der Waals surface area (Å²) in [6.07, 6.45) is 1.72. The van der Waals surface area contributed by atoms with Gasteiger partial charge in [-0.05, 0) is 19.3 Å². The van der Waals surface area contributed by atoms with Crippen LogP contribution in [0, 0.1) is 0 Å². The van der Waals surface area contributed by atoms with Crippen molar-refractivity contribution in [2.75, 3.05) is 24.6 Å². The lowest BCUT2D eigenvalue weighted by Crippen LogP contribution is -2.34. The zero-order valence-corrected chi connectivity index (χ0v) is 10.4. The molecule has 0 aromatic rings. The van der Waals surface area contributed by atoms with Crippen LogP contribution in [-0.2, 0) is 19.4 Å². The molecule has 1 N–H and O–H groups in total. The van der Waals surface area contributed by atoms with Gasteiger partial charge in [0.25, 0.3) is 0 Å². The molecule has 0 aliphatic carbocycles. The maximum absolute atomic E-state index is 11.6. The van der Waals surface area contributed by atoms with E-state index in [9.17, 15) is 18.0 Å². The Balaban J connectivity index is 2.37. The van der Waals surface area contributed by atoms with Crippen LogP contribution >= 0.6 is 0 Å². The molecule has 1 aliphatic rings. The summed E-state index contributed by atoms with van der Waals surface area (Å²) in [5, 5.41) is 8.39. The molecule has 0 aromatic heterocycles. The number of hydrogen-bond donors (Lipinski definition) is 1. The van der Waals surface area contributed by atoms with Gasteiger partial charge in [0.15, 0.2) is 9.84 Å². The van der Waals surface area contributed by atoms with E-state index in [1.807, 2.05) is 0 Å². The van der Waals surface area contributed by atoms with Gasteiger partial charge in [-0.3, -0.25) is 9.59 Å². The normalized spacial score (nSPS) is 16.1. The van der Waals surface area contributed by atoms with E-state index in [4.69, 9.17) is 5.11 Å². The quantitative estimate of drug-likeness (QED) is 0.721. The van der Waals surface area contributed by atoms with Crippen LogP contribution in [0.25, 0.3) is 0 Å². The number of amides is 1. The van der Waals surface area contributed by atoms with E-state index in [1.54, 1.807) is 4.90 Å². The Morgan fingerprint density at radius 1 is 1.18 bits per heavy atom. The van der Waals surface area contributed by atoms with Crippen LogP contribution in [0.3, 0.4) is 0 Å². The van der Waals surface area contributed by atoms with Gasteiger partial charge in [0.05, 0.1) is 5.75 Å². The minimum atomic E-state index is -3.47. The summed E-state index contributed by atoms with van der Waals surface area (Å²) >= 11 is 0. The second-order valence-electron chi connectivity index (χ2n) is 4.18. The molecule has 1 heterocycles. The van der Waals surface area contributed by atoms with E-state index in [0.29, 0.717) is 13.1 Å². The molecule has 1 rings (SSSR count). The van der Waals surface area contributed by atoms with Crippen molar-refractivity contribution in [3.05, 3.63) is 0 Å². The first kappa shape index (κ1) is 14.0. The lowest BCUT2D eigenvalue weighted by molar-refractivity contribution is -0.137. The first-order valence-corrected chi connectivity index (χ1v) is 7.43. The number of rotatable bonds is 6. The Hall–Kier alpha value is -1.11. The fourth-order valence-corrected chi connectivity index (χ4v) is 3.05. The summed E-state index contributed by atoms with van der Waals surface area (Å²) in [6.45, 7) is 1.26. The molecule has 0 spiro atoms. The van der Waals surface area contributed by atoms with Crippen LogP contribution in [-0.4, -0.2) is 54.9 Å². The van der Waals surface area contributed by atoms with E-state index in [0.717, 1.165) is 12.8 Å². The molecule has 0 radical (unpaired) electrons. The molecule has 0 atom stereocenters. The van der Waals surface area contributed by atoms with E-state index in [2.05, 4.69) is 0 Å². The molecule has 6 nitrogen and oxygen atoms in total. The Bertz CT molecular complexity index is 384. The van der Waals surface area contributed by atoms with E-state index >= 15 is 0 Å². The van der Waals surface area contributed by atoms with E-state index in [-0.39, 0.29) is 24.5 Å². The number of likely N-dealkylation sites (tertiary alicyclic amines) is 1. The number of hydrogen-bond acceptors (Lipinski definition) is 4. The van der Waals surface area contributed by atoms with Crippen molar-refractivity contribution in [3.63, 3.8) is 0 Å². The summed E-state index contributed by atoms with van der Waals surface area (Å²) < 4.78 is 23.1. The molecular formula is C10H17NO5S. The fraction of sp³-hybridized carbons (Fsp3) is 0.800. The third-order valence-electron chi connectivity index (χ3n) is 2.65. The van der Waals surface area contributed by atoms with Gasteiger partial charge in [0, 0.05) is 19.5 Å². The minimum Gasteiger partial charge on any atom is -0.481 e. The average molecular weight is 263 g/mol. The maximum Gasteiger partial charge on any atom is 0.303 e. The average Bonchev–Trinajstić information content (AvgIpc) is 2.68. The number of nitrogens with zero attached hydrogens (tertiary/aromatic N) is 1. The number of aliphatic carboxylic acids is 1. The Morgan fingerprint density at radius 3 is 2.29 bits per heavy atom. The number of carbonyl (C=O) groups excluding carboxylic acids is 1. The van der Waals surface area contributed by atoms with Crippen molar-refractivity contribution in [3.8, 4) is 0 Å². The maximum atomic E-state index is 11.6. The largest absolute Gasteiger partial charge is 0.481 e. The van der Waals surface area contributed by atoms with E-state index in [1.165, 1.54) is 0 Å². The number of carboxylic acid groups (broad SMARTS) is 1. The third-order valence-corrected chi connectivity index (χ3v) is 4.25. The van der Waals surface area contributed by atoms with Gasteiger partial charge in [0.1, 0.15) is 5.75 Å². The molecule has 0 saturated carbocycles. The van der Waals surface area contributed by atoms with Gasteiger partial charge in [-0.15, -0.1) is 0 Å². The highest BCUT2D eigenvalue weighted by Crippen LogP contribution is 2.09. The van der Waals surface area contributed by atoms with Gasteiger partial charge in [-0.25, -0.2) is 8.42 Å². The molecule has 98 valence electrons. The molecule has 0 unspecified atom stereocenters. The zero-order chi connectivity index (χ0) is 12.9. The zero-order valence-electron chi connectivity index (χ0n) is 9.59. The Morgan fingerprint density at radius 2 is 1.76 bits per heavy atom. The molecule has 0 aromatic carbocycles. The van der Waals surface area contributed by atoms with Crippen molar-refractivity contribution in [1.29, 1.82) is 0 Å². The first-order chi connectivity index (χ1) is 7.91. The lowest BCUT2D eigenvalue weighted by Gasteiger charge is -2.14. The molecule has 1 fully saturated rings. The highest BCUT2D eigenvalue weighted by Gasteiger charge is 2.23. The van der Waals surface area contributed by atoms with Gasteiger partial charge < -0.3 is 10.0 Å². The fourth-order valence-electron chi connectivity index (χ4n) is 1.76. The molecule has 7 heteroatoms. The van der Waals surface area contributed by atoms with Crippen LogP contribution in [0.4, 0.5) is 0 Å². The molecule has 0 bridgehead atoms. The first-order valence-electron chi connectivity index (χ1n) is 5.61. The van der Waals surface area contributed by atoms with Crippen molar-refractivity contribution >= 4 is 21.7 Å². The summed E-state index contributed by atoms with van der Waals surface area (Å²) in [7, 11) is -3.47. The second kappa shape index (κ2) is 6.00. The molecule has 17 heavy (non-hydrogen) atoms. The molecule has 1 aliphatic heterocycles. The topological polar surface area (TPSA) is 91.7 Å². The summed E-state index contributed by atoms with van der Waals surface area (Å²) in [4.78, 5) is 23.4. The lowest BCUT2D eigenvalue weighted by atomic mass is 10.3. The monoisotopic (exact) mass is 263 g/mol. The van der Waals surface area contributed by atoms with Crippen molar-refractivity contribution in [2.45, 2.75) is 25.7 Å². The highest BCUT2D eigenvalue weighted by atomic mass is 32.2. The minimum absolute atomic E-state index is 0.0605. The second-order valence-corrected chi connectivity index (χ2v) is 6.36. The number of carboxylic acids is 1. The Labute approximate surface area is 101 Å². The van der Waals surface area contributed by atoms with Crippen LogP contribution in [0.1, 0.15) is 25.7 Å². The highest BCUT2D eigenvalue weighted by molar-refractivity contribution is 7.92. The van der Waals surface area contributed by atoms with Gasteiger partial charge in [-0.1, -0.05) is 0 Å². The number of sulfone groups is 1. The predicted molar refractivity (Wildman–Crippen MR) is 61.3 cm³/mol. The molecule has 1 amide bonds. The van der Waals surface area contributed by atoms with Crippen molar-refractivity contribution in [1.82, 2.24) is 4.90 Å². The molecular weight excluding hydrogens is 246 g/mol. The smallest absolute Gasteiger partial charge is 0.303 e. The van der Waals surface area contributed by atoms with Crippen LogP contribution in [0.5, 0.6) is 0 Å². The predicted octanol–water partition coefficient (Wildman–Crippen LogP) is -0.112.